The summed E-state index contributed by atoms with van der Waals surface area (Å²) in [5.74, 6) is 0.849. The first-order valence-corrected chi connectivity index (χ1v) is 6.69. The van der Waals surface area contributed by atoms with Gasteiger partial charge in [0.05, 0.1) is 23.9 Å². The van der Waals surface area contributed by atoms with Gasteiger partial charge in [0.2, 0.25) is 0 Å². The molecule has 2 aromatic rings. The lowest BCUT2D eigenvalue weighted by Crippen LogP contribution is -2.33. The van der Waals surface area contributed by atoms with Gasteiger partial charge >= 0.3 is 0 Å². The van der Waals surface area contributed by atoms with E-state index in [2.05, 4.69) is 33.4 Å². The highest BCUT2D eigenvalue weighted by atomic mass is 79.9. The van der Waals surface area contributed by atoms with E-state index in [0.717, 1.165) is 16.7 Å². The molecule has 0 aliphatic rings. The van der Waals surface area contributed by atoms with Crippen molar-refractivity contribution in [3.8, 4) is 0 Å². The number of hydrogen-bond donors (Lipinski definition) is 2. The standard InChI is InChI=1S/C14H16BrNO2/c15-13-6-7-18-14(13)9-16-12(10-17)8-11-4-2-1-3-5-11/h1-7,12,16-17H,8-10H2. The fourth-order valence-electron chi connectivity index (χ4n) is 1.79. The molecule has 0 fully saturated rings. The number of halogens is 1. The van der Waals surface area contributed by atoms with Crippen LogP contribution in [-0.4, -0.2) is 17.8 Å². The zero-order chi connectivity index (χ0) is 12.8. The third-order valence-corrected chi connectivity index (χ3v) is 3.49. The van der Waals surface area contributed by atoms with Gasteiger partial charge in [0.15, 0.2) is 0 Å². The van der Waals surface area contributed by atoms with Crippen LogP contribution in [0.15, 0.2) is 51.6 Å². The number of aliphatic hydroxyl groups is 1. The molecule has 2 rings (SSSR count). The summed E-state index contributed by atoms with van der Waals surface area (Å²) in [4.78, 5) is 0. The van der Waals surface area contributed by atoms with Crippen molar-refractivity contribution in [1.82, 2.24) is 5.32 Å². The Bertz CT molecular complexity index is 470. The molecule has 0 amide bonds. The van der Waals surface area contributed by atoms with Crippen LogP contribution < -0.4 is 5.32 Å². The first kappa shape index (κ1) is 13.3. The van der Waals surface area contributed by atoms with Gasteiger partial charge in [0.1, 0.15) is 5.76 Å². The molecule has 3 nitrogen and oxygen atoms in total. The van der Waals surface area contributed by atoms with Gasteiger partial charge in [-0.1, -0.05) is 30.3 Å². The second kappa shape index (κ2) is 6.73. The summed E-state index contributed by atoms with van der Waals surface area (Å²) < 4.78 is 6.27. The molecular weight excluding hydrogens is 294 g/mol. The van der Waals surface area contributed by atoms with Crippen LogP contribution in [-0.2, 0) is 13.0 Å². The molecular formula is C14H16BrNO2. The van der Waals surface area contributed by atoms with Gasteiger partial charge in [-0.15, -0.1) is 0 Å². The van der Waals surface area contributed by atoms with Gasteiger partial charge in [-0.2, -0.15) is 0 Å². The van der Waals surface area contributed by atoms with Gasteiger partial charge in [0.25, 0.3) is 0 Å². The van der Waals surface area contributed by atoms with Crippen LogP contribution in [0.1, 0.15) is 11.3 Å². The van der Waals surface area contributed by atoms with Gasteiger partial charge in [0, 0.05) is 6.04 Å². The summed E-state index contributed by atoms with van der Waals surface area (Å²) in [7, 11) is 0. The Kier molecular flexibility index (Phi) is 4.99. The number of aliphatic hydroxyl groups excluding tert-OH is 1. The van der Waals surface area contributed by atoms with Gasteiger partial charge < -0.3 is 14.8 Å². The second-order valence-corrected chi connectivity index (χ2v) is 5.00. The molecule has 1 heterocycles. The minimum atomic E-state index is 0.0319. The quantitative estimate of drug-likeness (QED) is 0.862. The molecule has 0 saturated heterocycles. The predicted octanol–water partition coefficient (Wildman–Crippen LogP) is 2.74. The van der Waals surface area contributed by atoms with Crippen LogP contribution in [0.4, 0.5) is 0 Å². The fourth-order valence-corrected chi connectivity index (χ4v) is 2.13. The molecule has 0 bridgehead atoms. The lowest BCUT2D eigenvalue weighted by Gasteiger charge is -2.15. The number of nitrogens with one attached hydrogen (secondary N) is 1. The minimum Gasteiger partial charge on any atom is -0.467 e. The minimum absolute atomic E-state index is 0.0319. The highest BCUT2D eigenvalue weighted by Gasteiger charge is 2.10. The molecule has 0 radical (unpaired) electrons. The molecule has 0 aliphatic heterocycles. The van der Waals surface area contributed by atoms with Crippen LogP contribution >= 0.6 is 15.9 Å². The van der Waals surface area contributed by atoms with Crippen LogP contribution in [0.2, 0.25) is 0 Å². The summed E-state index contributed by atoms with van der Waals surface area (Å²) in [6.45, 7) is 0.707. The zero-order valence-electron chi connectivity index (χ0n) is 9.97. The van der Waals surface area contributed by atoms with Gasteiger partial charge in [-0.25, -0.2) is 0 Å². The average Bonchev–Trinajstić information content (AvgIpc) is 2.81. The van der Waals surface area contributed by atoms with Crippen molar-refractivity contribution in [2.24, 2.45) is 0 Å². The molecule has 18 heavy (non-hydrogen) atoms. The summed E-state index contributed by atoms with van der Waals surface area (Å²) >= 11 is 3.41. The SMILES string of the molecule is OCC(Cc1ccccc1)NCc1occc1Br. The van der Waals surface area contributed by atoms with Crippen LogP contribution in [0, 0.1) is 0 Å². The van der Waals surface area contributed by atoms with Crippen molar-refractivity contribution in [3.63, 3.8) is 0 Å². The summed E-state index contributed by atoms with van der Waals surface area (Å²) in [6, 6.07) is 12.0. The van der Waals surface area contributed by atoms with E-state index in [1.165, 1.54) is 5.56 Å². The van der Waals surface area contributed by atoms with Crippen molar-refractivity contribution >= 4 is 15.9 Å². The fraction of sp³-hybridized carbons (Fsp3) is 0.286. The Hall–Kier alpha value is -1.10. The summed E-state index contributed by atoms with van der Waals surface area (Å²) in [6.07, 6.45) is 2.45. The molecule has 0 saturated carbocycles. The van der Waals surface area contributed by atoms with Crippen molar-refractivity contribution in [2.45, 2.75) is 19.0 Å². The van der Waals surface area contributed by atoms with E-state index >= 15 is 0 Å². The highest BCUT2D eigenvalue weighted by Crippen LogP contribution is 2.17. The van der Waals surface area contributed by atoms with Gasteiger partial charge in [-0.05, 0) is 34.0 Å². The van der Waals surface area contributed by atoms with Crippen LogP contribution in [0.3, 0.4) is 0 Å². The van der Waals surface area contributed by atoms with E-state index in [0.29, 0.717) is 6.54 Å². The highest BCUT2D eigenvalue weighted by molar-refractivity contribution is 9.10. The molecule has 1 atom stereocenters. The first-order chi connectivity index (χ1) is 8.79. The Morgan fingerprint density at radius 3 is 2.61 bits per heavy atom. The monoisotopic (exact) mass is 309 g/mol. The Balaban J connectivity index is 1.88. The molecule has 0 spiro atoms. The lowest BCUT2D eigenvalue weighted by molar-refractivity contribution is 0.238. The molecule has 0 aliphatic carbocycles. The Labute approximate surface area is 115 Å². The van der Waals surface area contributed by atoms with Gasteiger partial charge in [-0.3, -0.25) is 0 Å². The Morgan fingerprint density at radius 1 is 1.22 bits per heavy atom. The maximum atomic E-state index is 9.38. The lowest BCUT2D eigenvalue weighted by atomic mass is 10.1. The average molecular weight is 310 g/mol. The van der Waals surface area contributed by atoms with Crippen molar-refractivity contribution in [1.29, 1.82) is 0 Å². The van der Waals surface area contributed by atoms with Crippen molar-refractivity contribution in [3.05, 3.63) is 58.5 Å². The van der Waals surface area contributed by atoms with E-state index in [-0.39, 0.29) is 12.6 Å². The zero-order valence-corrected chi connectivity index (χ0v) is 11.6. The second-order valence-electron chi connectivity index (χ2n) is 4.14. The van der Waals surface area contributed by atoms with E-state index < -0.39 is 0 Å². The maximum Gasteiger partial charge on any atom is 0.131 e. The molecule has 1 unspecified atom stereocenters. The maximum absolute atomic E-state index is 9.38. The smallest absolute Gasteiger partial charge is 0.131 e. The van der Waals surface area contributed by atoms with E-state index in [4.69, 9.17) is 4.42 Å². The number of hydrogen-bond acceptors (Lipinski definition) is 3. The Morgan fingerprint density at radius 2 is 2.00 bits per heavy atom. The number of rotatable bonds is 6. The van der Waals surface area contributed by atoms with Crippen LogP contribution in [0.25, 0.3) is 0 Å². The summed E-state index contributed by atoms with van der Waals surface area (Å²) in [5.41, 5.74) is 1.21. The largest absolute Gasteiger partial charge is 0.467 e. The van der Waals surface area contributed by atoms with Crippen LogP contribution in [0.5, 0.6) is 0 Å². The predicted molar refractivity (Wildman–Crippen MR) is 74.3 cm³/mol. The van der Waals surface area contributed by atoms with Crippen molar-refractivity contribution in [2.75, 3.05) is 6.61 Å². The molecule has 1 aromatic heterocycles. The van der Waals surface area contributed by atoms with Crippen molar-refractivity contribution < 1.29 is 9.52 Å². The van der Waals surface area contributed by atoms with E-state index in [1.54, 1.807) is 6.26 Å². The number of benzene rings is 1. The molecule has 2 N–H and O–H groups in total. The summed E-state index contributed by atoms with van der Waals surface area (Å²) in [5, 5.41) is 12.7. The molecule has 1 aromatic carbocycles. The molecule has 96 valence electrons. The van der Waals surface area contributed by atoms with E-state index in [1.807, 2.05) is 24.3 Å². The topological polar surface area (TPSA) is 45.4 Å². The normalized spacial score (nSPS) is 12.6. The number of furan rings is 1. The van der Waals surface area contributed by atoms with E-state index in [9.17, 15) is 5.11 Å². The first-order valence-electron chi connectivity index (χ1n) is 5.89. The third kappa shape index (κ3) is 3.70. The molecule has 4 heteroatoms. The third-order valence-electron chi connectivity index (χ3n) is 2.79.